The van der Waals surface area contributed by atoms with Crippen molar-refractivity contribution >= 4 is 28.5 Å². The van der Waals surface area contributed by atoms with Crippen LogP contribution in [0.5, 0.6) is 5.75 Å². The number of halogens is 1. The first kappa shape index (κ1) is 22.9. The van der Waals surface area contributed by atoms with Crippen molar-refractivity contribution in [3.05, 3.63) is 94.8 Å². The highest BCUT2D eigenvalue weighted by atomic mass is 35.5. The van der Waals surface area contributed by atoms with Gasteiger partial charge in [0.1, 0.15) is 11.6 Å². The lowest BCUT2D eigenvalue weighted by Gasteiger charge is -2.17. The van der Waals surface area contributed by atoms with Crippen molar-refractivity contribution in [2.75, 3.05) is 6.61 Å². The Bertz CT molecular complexity index is 1230. The SMILES string of the molecule is Cc1ccc(C(=O)NC(C)c2nc3ccccc3n2CCCCOc2ccccc2Cl)cc1. The number of nitrogens with one attached hydrogen (secondary N) is 1. The van der Waals surface area contributed by atoms with E-state index in [4.69, 9.17) is 21.3 Å². The van der Waals surface area contributed by atoms with E-state index in [9.17, 15) is 4.79 Å². The van der Waals surface area contributed by atoms with Gasteiger partial charge >= 0.3 is 0 Å². The van der Waals surface area contributed by atoms with Gasteiger partial charge in [-0.05, 0) is 63.1 Å². The van der Waals surface area contributed by atoms with Gasteiger partial charge in [0.2, 0.25) is 0 Å². The molecule has 6 heteroatoms. The molecule has 5 nitrogen and oxygen atoms in total. The molecule has 0 aliphatic heterocycles. The number of imidazole rings is 1. The number of hydrogen-bond donors (Lipinski definition) is 1. The van der Waals surface area contributed by atoms with E-state index in [1.807, 2.05) is 80.6 Å². The number of aryl methyl sites for hydroxylation is 2. The number of carbonyl (C=O) groups is 1. The molecular weight excluding hydrogens is 434 g/mol. The highest BCUT2D eigenvalue weighted by Gasteiger charge is 2.19. The molecule has 1 amide bonds. The van der Waals surface area contributed by atoms with Crippen LogP contribution in [0.15, 0.2) is 72.8 Å². The largest absolute Gasteiger partial charge is 0.492 e. The quantitative estimate of drug-likeness (QED) is 0.295. The number of carbonyl (C=O) groups excluding carboxylic acids is 1. The molecule has 0 saturated heterocycles. The average molecular weight is 462 g/mol. The second-order valence-electron chi connectivity index (χ2n) is 8.16. The molecule has 0 spiro atoms. The number of aromatic nitrogens is 2. The standard InChI is InChI=1S/C27H28ClN3O2/c1-19-13-15-21(16-14-19)27(32)29-20(2)26-30-23-10-4-5-11-24(23)31(26)17-7-8-18-33-25-12-6-3-9-22(25)28/h3-6,9-16,20H,7-8,17-18H2,1-2H3,(H,29,32). The summed E-state index contributed by atoms with van der Waals surface area (Å²) in [5.74, 6) is 1.46. The first-order valence-electron chi connectivity index (χ1n) is 11.2. The molecule has 0 aliphatic rings. The summed E-state index contributed by atoms with van der Waals surface area (Å²) in [7, 11) is 0. The highest BCUT2D eigenvalue weighted by Crippen LogP contribution is 2.24. The summed E-state index contributed by atoms with van der Waals surface area (Å²) >= 11 is 6.16. The van der Waals surface area contributed by atoms with E-state index in [1.54, 1.807) is 0 Å². The summed E-state index contributed by atoms with van der Waals surface area (Å²) in [5, 5.41) is 3.72. The molecule has 1 unspecified atom stereocenters. The molecule has 33 heavy (non-hydrogen) atoms. The molecule has 0 bridgehead atoms. The summed E-state index contributed by atoms with van der Waals surface area (Å²) in [5.41, 5.74) is 3.76. The van der Waals surface area contributed by atoms with Crippen LogP contribution in [-0.2, 0) is 6.54 Å². The lowest BCUT2D eigenvalue weighted by Crippen LogP contribution is -2.28. The first-order valence-corrected chi connectivity index (χ1v) is 11.6. The predicted octanol–water partition coefficient (Wildman–Crippen LogP) is 6.35. The lowest BCUT2D eigenvalue weighted by molar-refractivity contribution is 0.0937. The van der Waals surface area contributed by atoms with E-state index in [2.05, 4.69) is 16.0 Å². The topological polar surface area (TPSA) is 56.2 Å². The maximum atomic E-state index is 12.8. The van der Waals surface area contributed by atoms with E-state index in [-0.39, 0.29) is 11.9 Å². The zero-order valence-electron chi connectivity index (χ0n) is 18.9. The lowest BCUT2D eigenvalue weighted by atomic mass is 10.1. The third kappa shape index (κ3) is 5.55. The fourth-order valence-corrected chi connectivity index (χ4v) is 4.02. The third-order valence-corrected chi connectivity index (χ3v) is 5.92. The van der Waals surface area contributed by atoms with Gasteiger partial charge in [0, 0.05) is 12.1 Å². The minimum atomic E-state index is -0.231. The zero-order valence-corrected chi connectivity index (χ0v) is 19.7. The van der Waals surface area contributed by atoms with Crippen molar-refractivity contribution in [2.45, 2.75) is 39.3 Å². The number of amides is 1. The Morgan fingerprint density at radius 1 is 1.03 bits per heavy atom. The number of para-hydroxylation sites is 3. The minimum absolute atomic E-state index is 0.103. The maximum Gasteiger partial charge on any atom is 0.251 e. The van der Waals surface area contributed by atoms with Gasteiger partial charge in [-0.25, -0.2) is 4.98 Å². The van der Waals surface area contributed by atoms with Crippen LogP contribution >= 0.6 is 11.6 Å². The van der Waals surface area contributed by atoms with Crippen molar-refractivity contribution in [3.8, 4) is 5.75 Å². The molecule has 1 N–H and O–H groups in total. The predicted molar refractivity (Wildman–Crippen MR) is 133 cm³/mol. The van der Waals surface area contributed by atoms with Gasteiger partial charge in [-0.2, -0.15) is 0 Å². The Hall–Kier alpha value is -3.31. The summed E-state index contributed by atoms with van der Waals surface area (Å²) in [4.78, 5) is 17.6. The number of hydrogen-bond acceptors (Lipinski definition) is 3. The number of fused-ring (bicyclic) bond motifs is 1. The van der Waals surface area contributed by atoms with Gasteiger partial charge < -0.3 is 14.6 Å². The number of nitrogens with zero attached hydrogens (tertiary/aromatic N) is 2. The van der Waals surface area contributed by atoms with E-state index < -0.39 is 0 Å². The molecule has 1 atom stereocenters. The van der Waals surface area contributed by atoms with Gasteiger partial charge in [-0.3, -0.25) is 4.79 Å². The Labute approximate surface area is 199 Å². The van der Waals surface area contributed by atoms with Gasteiger partial charge in [-0.15, -0.1) is 0 Å². The molecule has 1 aromatic heterocycles. The number of rotatable bonds is 9. The van der Waals surface area contributed by atoms with Crippen LogP contribution in [0.3, 0.4) is 0 Å². The molecular formula is C27H28ClN3O2. The van der Waals surface area contributed by atoms with Crippen molar-refractivity contribution in [2.24, 2.45) is 0 Å². The summed E-state index contributed by atoms with van der Waals surface area (Å²) in [6, 6.07) is 22.9. The molecule has 0 saturated carbocycles. The van der Waals surface area contributed by atoms with Gasteiger partial charge in [0.25, 0.3) is 5.91 Å². The van der Waals surface area contributed by atoms with Crippen LogP contribution in [0.1, 0.15) is 47.6 Å². The van der Waals surface area contributed by atoms with E-state index in [0.717, 1.165) is 41.8 Å². The molecule has 0 fully saturated rings. The third-order valence-electron chi connectivity index (χ3n) is 5.60. The van der Waals surface area contributed by atoms with E-state index in [0.29, 0.717) is 22.9 Å². The van der Waals surface area contributed by atoms with Crippen molar-refractivity contribution in [3.63, 3.8) is 0 Å². The molecule has 3 aromatic carbocycles. The summed E-state index contributed by atoms with van der Waals surface area (Å²) < 4.78 is 8.02. The normalized spacial score (nSPS) is 12.0. The van der Waals surface area contributed by atoms with Crippen molar-refractivity contribution in [1.82, 2.24) is 14.9 Å². The van der Waals surface area contributed by atoms with Gasteiger partial charge in [-0.1, -0.05) is 53.6 Å². The Morgan fingerprint density at radius 2 is 1.76 bits per heavy atom. The first-order chi connectivity index (χ1) is 16.0. The zero-order chi connectivity index (χ0) is 23.2. The van der Waals surface area contributed by atoms with Crippen LogP contribution < -0.4 is 10.1 Å². The van der Waals surface area contributed by atoms with Crippen LogP contribution in [0.4, 0.5) is 0 Å². The van der Waals surface area contributed by atoms with Crippen LogP contribution in [0.2, 0.25) is 5.02 Å². The molecule has 1 heterocycles. The fraction of sp³-hybridized carbons (Fsp3) is 0.259. The molecule has 4 aromatic rings. The van der Waals surface area contributed by atoms with Crippen LogP contribution in [0, 0.1) is 6.92 Å². The van der Waals surface area contributed by atoms with E-state index in [1.165, 1.54) is 0 Å². The molecule has 170 valence electrons. The highest BCUT2D eigenvalue weighted by molar-refractivity contribution is 6.32. The monoisotopic (exact) mass is 461 g/mol. The Balaban J connectivity index is 1.43. The van der Waals surface area contributed by atoms with Crippen LogP contribution in [-0.4, -0.2) is 22.1 Å². The van der Waals surface area contributed by atoms with Gasteiger partial charge in [0.15, 0.2) is 0 Å². The Morgan fingerprint density at radius 3 is 2.55 bits per heavy atom. The molecule has 0 radical (unpaired) electrons. The number of ether oxygens (including phenoxy) is 1. The molecule has 4 rings (SSSR count). The second kappa shape index (κ2) is 10.5. The molecule has 0 aliphatic carbocycles. The minimum Gasteiger partial charge on any atom is -0.492 e. The number of unbranched alkanes of at least 4 members (excludes halogenated alkanes) is 1. The van der Waals surface area contributed by atoms with Crippen molar-refractivity contribution < 1.29 is 9.53 Å². The smallest absolute Gasteiger partial charge is 0.251 e. The Kier molecular flexibility index (Phi) is 7.30. The maximum absolute atomic E-state index is 12.8. The van der Waals surface area contributed by atoms with E-state index >= 15 is 0 Å². The summed E-state index contributed by atoms with van der Waals surface area (Å²) in [6.45, 7) is 5.36. The fourth-order valence-electron chi connectivity index (χ4n) is 3.83. The summed E-state index contributed by atoms with van der Waals surface area (Å²) in [6.07, 6.45) is 1.79. The second-order valence-corrected chi connectivity index (χ2v) is 8.56. The van der Waals surface area contributed by atoms with Gasteiger partial charge in [0.05, 0.1) is 28.7 Å². The van der Waals surface area contributed by atoms with Crippen molar-refractivity contribution in [1.29, 1.82) is 0 Å². The van der Waals surface area contributed by atoms with Crippen LogP contribution in [0.25, 0.3) is 11.0 Å². The average Bonchev–Trinajstić information content (AvgIpc) is 3.19. The number of benzene rings is 3.